The summed E-state index contributed by atoms with van der Waals surface area (Å²) in [4.78, 5) is 12.5. The van der Waals surface area contributed by atoms with E-state index in [1.165, 1.54) is 0 Å². The van der Waals surface area contributed by atoms with Gasteiger partial charge < -0.3 is 14.8 Å². The molecule has 0 saturated heterocycles. The molecule has 3 rings (SSSR count). The van der Waals surface area contributed by atoms with Gasteiger partial charge in [0.2, 0.25) is 15.9 Å². The van der Waals surface area contributed by atoms with E-state index in [-0.39, 0.29) is 30.3 Å². The molecule has 0 fully saturated rings. The van der Waals surface area contributed by atoms with Crippen LogP contribution in [0.1, 0.15) is 16.7 Å². The first kappa shape index (κ1) is 21.6. The highest BCUT2D eigenvalue weighted by Gasteiger charge is 2.18. The average molecular weight is 483 g/mol. The van der Waals surface area contributed by atoms with E-state index in [4.69, 9.17) is 9.47 Å². The molecule has 1 heterocycles. The van der Waals surface area contributed by atoms with Gasteiger partial charge in [-0.05, 0) is 48.7 Å². The van der Waals surface area contributed by atoms with Gasteiger partial charge in [0.15, 0.2) is 11.5 Å². The topological polar surface area (TPSA) is 93.7 Å². The van der Waals surface area contributed by atoms with Gasteiger partial charge in [-0.2, -0.15) is 0 Å². The predicted octanol–water partition coefficient (Wildman–Crippen LogP) is 2.47. The second-order valence-corrected chi connectivity index (χ2v) is 9.37. The number of hydrogen-bond acceptors (Lipinski definition) is 5. The van der Waals surface area contributed by atoms with Crippen LogP contribution in [-0.2, 0) is 21.2 Å². The summed E-state index contributed by atoms with van der Waals surface area (Å²) < 4.78 is 39.3. The van der Waals surface area contributed by atoms with E-state index >= 15 is 0 Å². The molecule has 1 aliphatic rings. The van der Waals surface area contributed by atoms with Crippen molar-refractivity contribution in [3.8, 4) is 11.5 Å². The Morgan fingerprint density at radius 1 is 1.07 bits per heavy atom. The van der Waals surface area contributed by atoms with Crippen molar-refractivity contribution in [2.24, 2.45) is 0 Å². The molecule has 0 unspecified atom stereocenters. The maximum Gasteiger partial charge on any atom is 0.240 e. The lowest BCUT2D eigenvalue weighted by Gasteiger charge is -2.19. The number of rotatable bonds is 7. The fraction of sp³-hybridized carbons (Fsp3) is 0.350. The Morgan fingerprint density at radius 3 is 2.48 bits per heavy atom. The molecular weight excluding hydrogens is 460 g/mol. The third-order valence-electron chi connectivity index (χ3n) is 4.43. The highest BCUT2D eigenvalue weighted by molar-refractivity contribution is 9.10. The van der Waals surface area contributed by atoms with Crippen LogP contribution in [0.2, 0.25) is 0 Å². The molecule has 2 N–H and O–H groups in total. The number of hydrogen-bond donors (Lipinski definition) is 2. The summed E-state index contributed by atoms with van der Waals surface area (Å²) in [5.41, 5.74) is 2.31. The summed E-state index contributed by atoms with van der Waals surface area (Å²) in [6.45, 7) is 4.85. The summed E-state index contributed by atoms with van der Waals surface area (Å²) in [5.74, 6) is 1.05. The Labute approximate surface area is 179 Å². The third-order valence-corrected chi connectivity index (χ3v) is 6.78. The SMILES string of the molecule is Cc1ccc(C)c(S(=O)(=O)NCCNC(=O)Cc2cc3c(cc2Br)OCCO3)c1. The number of halogens is 1. The molecule has 0 spiro atoms. The Kier molecular flexibility index (Phi) is 6.81. The number of ether oxygens (including phenoxy) is 2. The van der Waals surface area contributed by atoms with E-state index in [1.54, 1.807) is 31.2 Å². The second kappa shape index (κ2) is 9.15. The van der Waals surface area contributed by atoms with Crippen LogP contribution in [0.5, 0.6) is 11.5 Å². The monoisotopic (exact) mass is 482 g/mol. The van der Waals surface area contributed by atoms with Gasteiger partial charge in [-0.25, -0.2) is 13.1 Å². The number of carbonyl (C=O) groups is 1. The van der Waals surface area contributed by atoms with Crippen molar-refractivity contribution in [3.63, 3.8) is 0 Å². The molecule has 0 aliphatic carbocycles. The number of aryl methyl sites for hydroxylation is 2. The lowest BCUT2D eigenvalue weighted by Crippen LogP contribution is -2.35. The molecule has 2 aromatic carbocycles. The van der Waals surface area contributed by atoms with Crippen LogP contribution >= 0.6 is 15.9 Å². The molecule has 0 saturated carbocycles. The molecular formula is C20H23BrN2O5S. The van der Waals surface area contributed by atoms with Gasteiger partial charge in [0.1, 0.15) is 13.2 Å². The van der Waals surface area contributed by atoms with Crippen molar-refractivity contribution >= 4 is 31.9 Å². The lowest BCUT2D eigenvalue weighted by atomic mass is 10.1. The van der Waals surface area contributed by atoms with Gasteiger partial charge in [0, 0.05) is 17.6 Å². The Hall–Kier alpha value is -2.10. The van der Waals surface area contributed by atoms with Crippen LogP contribution in [0.25, 0.3) is 0 Å². The first-order chi connectivity index (χ1) is 13.8. The molecule has 0 bridgehead atoms. The van der Waals surface area contributed by atoms with E-state index in [2.05, 4.69) is 26.0 Å². The highest BCUT2D eigenvalue weighted by Crippen LogP contribution is 2.35. The van der Waals surface area contributed by atoms with Crippen LogP contribution in [0, 0.1) is 13.8 Å². The van der Waals surface area contributed by atoms with Gasteiger partial charge in [0.25, 0.3) is 0 Å². The highest BCUT2D eigenvalue weighted by atomic mass is 79.9. The van der Waals surface area contributed by atoms with Gasteiger partial charge >= 0.3 is 0 Å². The number of nitrogens with one attached hydrogen (secondary N) is 2. The minimum absolute atomic E-state index is 0.101. The molecule has 1 aliphatic heterocycles. The molecule has 1 amide bonds. The van der Waals surface area contributed by atoms with E-state index in [0.717, 1.165) is 15.6 Å². The third kappa shape index (κ3) is 5.49. The lowest BCUT2D eigenvalue weighted by molar-refractivity contribution is -0.120. The summed E-state index contributed by atoms with van der Waals surface area (Å²) in [6.07, 6.45) is 0.140. The zero-order chi connectivity index (χ0) is 21.0. The summed E-state index contributed by atoms with van der Waals surface area (Å²) in [6, 6.07) is 8.84. The largest absolute Gasteiger partial charge is 0.486 e. The number of benzene rings is 2. The molecule has 9 heteroatoms. The molecule has 0 radical (unpaired) electrons. The molecule has 0 atom stereocenters. The van der Waals surface area contributed by atoms with E-state index in [1.807, 2.05) is 13.0 Å². The molecule has 29 heavy (non-hydrogen) atoms. The molecule has 2 aromatic rings. The summed E-state index contributed by atoms with van der Waals surface area (Å²) in [7, 11) is -3.63. The van der Waals surface area contributed by atoms with Crippen LogP contribution in [0.3, 0.4) is 0 Å². The Morgan fingerprint density at radius 2 is 1.76 bits per heavy atom. The predicted molar refractivity (Wildman–Crippen MR) is 113 cm³/mol. The van der Waals surface area contributed by atoms with Gasteiger partial charge in [-0.3, -0.25) is 4.79 Å². The van der Waals surface area contributed by atoms with Crippen molar-refractivity contribution in [1.29, 1.82) is 0 Å². The van der Waals surface area contributed by atoms with E-state index < -0.39 is 10.0 Å². The van der Waals surface area contributed by atoms with Crippen molar-refractivity contribution in [2.75, 3.05) is 26.3 Å². The van der Waals surface area contributed by atoms with Crippen molar-refractivity contribution in [2.45, 2.75) is 25.2 Å². The minimum atomic E-state index is -3.63. The maximum absolute atomic E-state index is 12.5. The van der Waals surface area contributed by atoms with Crippen molar-refractivity contribution in [3.05, 3.63) is 51.5 Å². The first-order valence-corrected chi connectivity index (χ1v) is 11.5. The zero-order valence-corrected chi connectivity index (χ0v) is 18.7. The quantitative estimate of drug-likeness (QED) is 0.591. The first-order valence-electron chi connectivity index (χ1n) is 9.18. The zero-order valence-electron chi connectivity index (χ0n) is 16.2. The summed E-state index contributed by atoms with van der Waals surface area (Å²) >= 11 is 3.44. The molecule has 156 valence electrons. The normalized spacial score (nSPS) is 13.2. The number of amides is 1. The molecule has 7 nitrogen and oxygen atoms in total. The summed E-state index contributed by atoms with van der Waals surface area (Å²) in [5, 5.41) is 2.73. The maximum atomic E-state index is 12.5. The Balaban J connectivity index is 1.52. The van der Waals surface area contributed by atoms with Crippen LogP contribution in [0.15, 0.2) is 39.7 Å². The van der Waals surface area contributed by atoms with Gasteiger partial charge in [-0.15, -0.1) is 0 Å². The fourth-order valence-corrected chi connectivity index (χ4v) is 4.76. The van der Waals surface area contributed by atoms with Crippen molar-refractivity contribution < 1.29 is 22.7 Å². The smallest absolute Gasteiger partial charge is 0.240 e. The van der Waals surface area contributed by atoms with E-state index in [0.29, 0.717) is 30.3 Å². The van der Waals surface area contributed by atoms with Gasteiger partial charge in [-0.1, -0.05) is 28.1 Å². The minimum Gasteiger partial charge on any atom is -0.486 e. The van der Waals surface area contributed by atoms with Gasteiger partial charge in [0.05, 0.1) is 11.3 Å². The van der Waals surface area contributed by atoms with Crippen LogP contribution in [0.4, 0.5) is 0 Å². The van der Waals surface area contributed by atoms with Crippen LogP contribution in [-0.4, -0.2) is 40.6 Å². The average Bonchev–Trinajstić information content (AvgIpc) is 2.67. The number of fused-ring (bicyclic) bond motifs is 1. The standard InChI is InChI=1S/C20H23BrN2O5S/c1-13-3-4-14(2)19(9-13)29(25,26)23-6-5-22-20(24)11-15-10-17-18(12-16(15)21)28-8-7-27-17/h3-4,9-10,12,23H,5-8,11H2,1-2H3,(H,22,24). The number of carbonyl (C=O) groups excluding carboxylic acids is 1. The second-order valence-electron chi connectivity index (χ2n) is 6.78. The Bertz CT molecular complexity index is 1020. The van der Waals surface area contributed by atoms with Crippen LogP contribution < -0.4 is 19.5 Å². The fourth-order valence-electron chi connectivity index (χ4n) is 2.94. The van der Waals surface area contributed by atoms with E-state index in [9.17, 15) is 13.2 Å². The van der Waals surface area contributed by atoms with Crippen molar-refractivity contribution in [1.82, 2.24) is 10.0 Å². The number of sulfonamides is 1. The molecule has 0 aromatic heterocycles.